The predicted octanol–water partition coefficient (Wildman–Crippen LogP) is 1.12. The first kappa shape index (κ1) is 19.8. The third-order valence-corrected chi connectivity index (χ3v) is 4.99. The van der Waals surface area contributed by atoms with E-state index < -0.39 is 30.0 Å². The standard InChI is InChI=1S/C14H16N2O8S2/c17-13-3-1-9(25(19,20)21)7-11(13)15-5-6-16-12-8-10(26(22,23)24)2-4-14(12)18/h1-4,7-8,15-18H,5-6H2,(H,19,20,21)(H,22,23,24). The van der Waals surface area contributed by atoms with Crippen molar-refractivity contribution in [2.75, 3.05) is 23.7 Å². The van der Waals surface area contributed by atoms with Gasteiger partial charge in [0.1, 0.15) is 11.5 Å². The summed E-state index contributed by atoms with van der Waals surface area (Å²) in [6.07, 6.45) is 0. The topological polar surface area (TPSA) is 173 Å². The van der Waals surface area contributed by atoms with Gasteiger partial charge in [0.15, 0.2) is 0 Å². The monoisotopic (exact) mass is 404 g/mol. The molecule has 0 bridgehead atoms. The van der Waals surface area contributed by atoms with E-state index in [-0.39, 0.29) is 36.0 Å². The zero-order chi connectivity index (χ0) is 19.5. The summed E-state index contributed by atoms with van der Waals surface area (Å²) in [6, 6.07) is 6.35. The largest absolute Gasteiger partial charge is 0.506 e. The van der Waals surface area contributed by atoms with Gasteiger partial charge in [-0.2, -0.15) is 16.8 Å². The second-order valence-corrected chi connectivity index (χ2v) is 8.00. The van der Waals surface area contributed by atoms with E-state index in [4.69, 9.17) is 9.11 Å². The van der Waals surface area contributed by atoms with Gasteiger partial charge in [0, 0.05) is 13.1 Å². The average molecular weight is 404 g/mol. The summed E-state index contributed by atoms with van der Waals surface area (Å²) >= 11 is 0. The van der Waals surface area contributed by atoms with Crippen LogP contribution in [0.5, 0.6) is 11.5 Å². The van der Waals surface area contributed by atoms with E-state index in [0.717, 1.165) is 36.4 Å². The number of aromatic hydroxyl groups is 2. The SMILES string of the molecule is O=S(=O)(O)c1ccc(O)c(NCCNc2cc(S(=O)(=O)O)ccc2O)c1. The molecule has 0 aliphatic heterocycles. The normalized spacial score (nSPS) is 11.9. The van der Waals surface area contributed by atoms with Crippen LogP contribution in [-0.2, 0) is 20.2 Å². The summed E-state index contributed by atoms with van der Waals surface area (Å²) in [6.45, 7) is 0.274. The Morgan fingerprint density at radius 1 is 0.692 bits per heavy atom. The molecule has 26 heavy (non-hydrogen) atoms. The number of hydrogen-bond donors (Lipinski definition) is 6. The van der Waals surface area contributed by atoms with E-state index in [2.05, 4.69) is 10.6 Å². The molecule has 10 nitrogen and oxygen atoms in total. The van der Waals surface area contributed by atoms with Crippen LogP contribution in [0.15, 0.2) is 46.2 Å². The molecule has 0 spiro atoms. The first-order chi connectivity index (χ1) is 12.0. The molecule has 6 N–H and O–H groups in total. The van der Waals surface area contributed by atoms with Gasteiger partial charge >= 0.3 is 0 Å². The molecule has 0 saturated carbocycles. The Labute approximate surface area is 149 Å². The number of rotatable bonds is 7. The summed E-state index contributed by atoms with van der Waals surface area (Å²) < 4.78 is 62.4. The van der Waals surface area contributed by atoms with E-state index >= 15 is 0 Å². The van der Waals surface area contributed by atoms with Crippen molar-refractivity contribution in [2.24, 2.45) is 0 Å². The number of anilines is 2. The maximum absolute atomic E-state index is 11.1. The Kier molecular flexibility index (Phi) is 5.61. The minimum Gasteiger partial charge on any atom is -0.506 e. The molecule has 0 saturated heterocycles. The van der Waals surface area contributed by atoms with Crippen molar-refractivity contribution in [3.8, 4) is 11.5 Å². The van der Waals surface area contributed by atoms with Crippen molar-refractivity contribution in [1.29, 1.82) is 0 Å². The Bertz CT molecular complexity index is 936. The minimum atomic E-state index is -4.42. The van der Waals surface area contributed by atoms with Crippen LogP contribution in [0.4, 0.5) is 11.4 Å². The fourth-order valence-electron chi connectivity index (χ4n) is 2.03. The summed E-state index contributed by atoms with van der Waals surface area (Å²) in [4.78, 5) is -0.798. The van der Waals surface area contributed by atoms with E-state index in [0.29, 0.717) is 0 Å². The van der Waals surface area contributed by atoms with Gasteiger partial charge in [0.25, 0.3) is 20.2 Å². The summed E-state index contributed by atoms with van der Waals surface area (Å²) in [5.41, 5.74) is 0.107. The first-order valence-corrected chi connectivity index (χ1v) is 9.95. The molecule has 0 unspecified atom stereocenters. The number of phenols is 2. The lowest BCUT2D eigenvalue weighted by molar-refractivity contribution is 0.472. The molecular formula is C14H16N2O8S2. The van der Waals surface area contributed by atoms with Crippen LogP contribution < -0.4 is 10.6 Å². The van der Waals surface area contributed by atoms with Crippen molar-refractivity contribution < 1.29 is 36.2 Å². The van der Waals surface area contributed by atoms with Gasteiger partial charge in [0.05, 0.1) is 21.2 Å². The average Bonchev–Trinajstić information content (AvgIpc) is 2.52. The molecule has 0 heterocycles. The lowest BCUT2D eigenvalue weighted by Gasteiger charge is -2.12. The molecule has 2 rings (SSSR count). The molecule has 2 aromatic rings. The molecule has 0 aromatic heterocycles. The van der Waals surface area contributed by atoms with Crippen LogP contribution in [0, 0.1) is 0 Å². The van der Waals surface area contributed by atoms with Crippen molar-refractivity contribution in [3.63, 3.8) is 0 Å². The van der Waals surface area contributed by atoms with E-state index in [1.54, 1.807) is 0 Å². The van der Waals surface area contributed by atoms with Gasteiger partial charge in [-0.15, -0.1) is 0 Å². The fraction of sp³-hybridized carbons (Fsp3) is 0.143. The summed E-state index contributed by atoms with van der Waals surface area (Å²) in [5.74, 6) is -0.484. The van der Waals surface area contributed by atoms with Gasteiger partial charge in [-0.25, -0.2) is 0 Å². The Hall–Kier alpha value is -2.54. The third-order valence-electron chi connectivity index (χ3n) is 3.29. The molecule has 0 atom stereocenters. The minimum absolute atomic E-state index is 0.0535. The Balaban J connectivity index is 2.04. The van der Waals surface area contributed by atoms with Gasteiger partial charge in [0.2, 0.25) is 0 Å². The Morgan fingerprint density at radius 2 is 1.04 bits per heavy atom. The number of nitrogens with one attached hydrogen (secondary N) is 2. The first-order valence-electron chi connectivity index (χ1n) is 7.07. The summed E-state index contributed by atoms with van der Waals surface area (Å²) in [5, 5.41) is 24.8. The second-order valence-electron chi connectivity index (χ2n) is 5.16. The van der Waals surface area contributed by atoms with Crippen LogP contribution in [0.2, 0.25) is 0 Å². The van der Waals surface area contributed by atoms with E-state index in [9.17, 15) is 27.0 Å². The van der Waals surface area contributed by atoms with Crippen molar-refractivity contribution in [2.45, 2.75) is 9.79 Å². The van der Waals surface area contributed by atoms with Crippen molar-refractivity contribution in [1.82, 2.24) is 0 Å². The highest BCUT2D eigenvalue weighted by Crippen LogP contribution is 2.27. The van der Waals surface area contributed by atoms with Gasteiger partial charge in [-0.1, -0.05) is 0 Å². The highest BCUT2D eigenvalue weighted by Gasteiger charge is 2.13. The van der Waals surface area contributed by atoms with E-state index in [1.165, 1.54) is 0 Å². The predicted molar refractivity (Wildman–Crippen MR) is 92.8 cm³/mol. The molecule has 2 aromatic carbocycles. The number of hydrogen-bond acceptors (Lipinski definition) is 8. The van der Waals surface area contributed by atoms with Crippen molar-refractivity contribution >= 4 is 31.6 Å². The number of benzene rings is 2. The Morgan fingerprint density at radius 3 is 1.35 bits per heavy atom. The molecule has 142 valence electrons. The second kappa shape index (κ2) is 7.37. The van der Waals surface area contributed by atoms with Crippen LogP contribution in [0.1, 0.15) is 0 Å². The fourth-order valence-corrected chi connectivity index (χ4v) is 3.04. The zero-order valence-electron chi connectivity index (χ0n) is 13.1. The smallest absolute Gasteiger partial charge is 0.294 e. The molecule has 0 aliphatic rings. The van der Waals surface area contributed by atoms with Crippen LogP contribution in [0.25, 0.3) is 0 Å². The highest BCUT2D eigenvalue weighted by molar-refractivity contribution is 7.86. The third kappa shape index (κ3) is 4.98. The van der Waals surface area contributed by atoms with Crippen molar-refractivity contribution in [3.05, 3.63) is 36.4 Å². The van der Waals surface area contributed by atoms with Crippen LogP contribution >= 0.6 is 0 Å². The highest BCUT2D eigenvalue weighted by atomic mass is 32.2. The number of phenolic OH excluding ortho intramolecular Hbond substituents is 2. The van der Waals surface area contributed by atoms with Crippen LogP contribution in [0.3, 0.4) is 0 Å². The maximum atomic E-state index is 11.1. The van der Waals surface area contributed by atoms with E-state index in [1.807, 2.05) is 0 Å². The molecule has 12 heteroatoms. The summed E-state index contributed by atoms with van der Waals surface area (Å²) in [7, 11) is -8.84. The van der Waals surface area contributed by atoms with Crippen LogP contribution in [-0.4, -0.2) is 49.2 Å². The molecule has 0 fully saturated rings. The van der Waals surface area contributed by atoms with Gasteiger partial charge < -0.3 is 20.8 Å². The molecule has 0 amide bonds. The lowest BCUT2D eigenvalue weighted by Crippen LogP contribution is -2.14. The van der Waals surface area contributed by atoms with Gasteiger partial charge in [-0.3, -0.25) is 9.11 Å². The maximum Gasteiger partial charge on any atom is 0.294 e. The zero-order valence-corrected chi connectivity index (χ0v) is 14.7. The molecule has 0 aliphatic carbocycles. The lowest BCUT2D eigenvalue weighted by atomic mass is 10.3. The van der Waals surface area contributed by atoms with Gasteiger partial charge in [-0.05, 0) is 36.4 Å². The quantitative estimate of drug-likeness (QED) is 0.223. The molecule has 0 radical (unpaired) electrons. The molecular weight excluding hydrogens is 388 g/mol.